The fraction of sp³-hybridized carbons (Fsp3) is 0.143. The molecule has 0 fully saturated rings. The van der Waals surface area contributed by atoms with Gasteiger partial charge in [-0.05, 0) is 23.3 Å². The first-order valence-electron chi connectivity index (χ1n) is 5.43. The van der Waals surface area contributed by atoms with Gasteiger partial charge in [-0.2, -0.15) is 0 Å². The highest BCUT2D eigenvalue weighted by molar-refractivity contribution is 5.40. The SMILES string of the molecule is Nc1cccc(CNCc2ccccc2)c1. The highest BCUT2D eigenvalue weighted by Crippen LogP contribution is 2.06. The van der Waals surface area contributed by atoms with E-state index in [4.69, 9.17) is 5.73 Å². The van der Waals surface area contributed by atoms with E-state index in [9.17, 15) is 0 Å². The zero-order valence-corrected chi connectivity index (χ0v) is 9.19. The average Bonchev–Trinajstić information content (AvgIpc) is 2.30. The van der Waals surface area contributed by atoms with E-state index >= 15 is 0 Å². The molecule has 0 spiro atoms. The van der Waals surface area contributed by atoms with Crippen LogP contribution in [0.5, 0.6) is 0 Å². The van der Waals surface area contributed by atoms with Crippen LogP contribution in [0.4, 0.5) is 5.69 Å². The first-order chi connectivity index (χ1) is 7.84. The van der Waals surface area contributed by atoms with Crippen molar-refractivity contribution in [2.75, 3.05) is 5.73 Å². The van der Waals surface area contributed by atoms with Crippen LogP contribution in [-0.2, 0) is 13.1 Å². The molecular formula is C14H16N2. The molecule has 2 aromatic carbocycles. The van der Waals surface area contributed by atoms with Crippen molar-refractivity contribution in [1.29, 1.82) is 0 Å². The minimum Gasteiger partial charge on any atom is -0.399 e. The smallest absolute Gasteiger partial charge is 0.0317 e. The molecule has 16 heavy (non-hydrogen) atoms. The van der Waals surface area contributed by atoms with Crippen molar-refractivity contribution in [2.45, 2.75) is 13.1 Å². The highest BCUT2D eigenvalue weighted by Gasteiger charge is 1.94. The van der Waals surface area contributed by atoms with Crippen molar-refractivity contribution in [2.24, 2.45) is 0 Å². The number of hydrogen-bond acceptors (Lipinski definition) is 2. The van der Waals surface area contributed by atoms with Gasteiger partial charge in [-0.3, -0.25) is 0 Å². The standard InChI is InChI=1S/C14H16N2/c15-14-8-4-7-13(9-14)11-16-10-12-5-2-1-3-6-12/h1-9,16H,10-11,15H2. The molecule has 2 nitrogen and oxygen atoms in total. The lowest BCUT2D eigenvalue weighted by atomic mass is 10.2. The van der Waals surface area contributed by atoms with Gasteiger partial charge in [-0.15, -0.1) is 0 Å². The fourth-order valence-corrected chi connectivity index (χ4v) is 1.65. The van der Waals surface area contributed by atoms with Crippen molar-refractivity contribution in [1.82, 2.24) is 5.32 Å². The number of hydrogen-bond donors (Lipinski definition) is 2. The number of nitrogens with two attached hydrogens (primary N) is 1. The van der Waals surface area contributed by atoms with Crippen LogP contribution in [-0.4, -0.2) is 0 Å². The average molecular weight is 212 g/mol. The van der Waals surface area contributed by atoms with Crippen LogP contribution in [0.2, 0.25) is 0 Å². The summed E-state index contributed by atoms with van der Waals surface area (Å²) in [6.07, 6.45) is 0. The lowest BCUT2D eigenvalue weighted by Crippen LogP contribution is -2.12. The van der Waals surface area contributed by atoms with Gasteiger partial charge in [-0.25, -0.2) is 0 Å². The summed E-state index contributed by atoms with van der Waals surface area (Å²) >= 11 is 0. The molecular weight excluding hydrogens is 196 g/mol. The molecule has 0 aliphatic carbocycles. The number of anilines is 1. The zero-order valence-electron chi connectivity index (χ0n) is 9.19. The Kier molecular flexibility index (Phi) is 3.57. The van der Waals surface area contributed by atoms with Crippen molar-refractivity contribution in [3.63, 3.8) is 0 Å². The third-order valence-electron chi connectivity index (χ3n) is 2.45. The van der Waals surface area contributed by atoms with E-state index in [-0.39, 0.29) is 0 Å². The summed E-state index contributed by atoms with van der Waals surface area (Å²) in [5.74, 6) is 0. The summed E-state index contributed by atoms with van der Waals surface area (Å²) in [7, 11) is 0. The monoisotopic (exact) mass is 212 g/mol. The Morgan fingerprint density at radius 2 is 1.50 bits per heavy atom. The van der Waals surface area contributed by atoms with Crippen LogP contribution in [0, 0.1) is 0 Å². The molecule has 0 aliphatic heterocycles. The van der Waals surface area contributed by atoms with Gasteiger partial charge in [0.1, 0.15) is 0 Å². The van der Waals surface area contributed by atoms with Gasteiger partial charge in [0, 0.05) is 18.8 Å². The molecule has 0 amide bonds. The number of rotatable bonds is 4. The summed E-state index contributed by atoms with van der Waals surface area (Å²) in [6.45, 7) is 1.73. The molecule has 0 aliphatic rings. The summed E-state index contributed by atoms with van der Waals surface area (Å²) in [5.41, 5.74) is 9.05. The van der Waals surface area contributed by atoms with Gasteiger partial charge in [0.05, 0.1) is 0 Å². The summed E-state index contributed by atoms with van der Waals surface area (Å²) in [6, 6.07) is 18.3. The minimum atomic E-state index is 0.819. The Bertz CT molecular complexity index is 437. The quantitative estimate of drug-likeness (QED) is 0.764. The van der Waals surface area contributed by atoms with Gasteiger partial charge in [-0.1, -0.05) is 42.5 Å². The van der Waals surface area contributed by atoms with E-state index in [1.165, 1.54) is 11.1 Å². The van der Waals surface area contributed by atoms with E-state index in [1.54, 1.807) is 0 Å². The maximum absolute atomic E-state index is 5.71. The molecule has 2 heteroatoms. The Labute approximate surface area is 96.1 Å². The topological polar surface area (TPSA) is 38.0 Å². The lowest BCUT2D eigenvalue weighted by Gasteiger charge is -2.05. The summed E-state index contributed by atoms with van der Waals surface area (Å²) < 4.78 is 0. The number of nitrogens with one attached hydrogen (secondary N) is 1. The second-order valence-electron chi connectivity index (χ2n) is 3.83. The Morgan fingerprint density at radius 3 is 2.25 bits per heavy atom. The second-order valence-corrected chi connectivity index (χ2v) is 3.83. The molecule has 0 atom stereocenters. The van der Waals surface area contributed by atoms with Gasteiger partial charge >= 0.3 is 0 Å². The van der Waals surface area contributed by atoms with Gasteiger partial charge in [0.15, 0.2) is 0 Å². The molecule has 0 radical (unpaired) electrons. The Hall–Kier alpha value is -1.80. The van der Waals surface area contributed by atoms with Gasteiger partial charge < -0.3 is 11.1 Å². The maximum Gasteiger partial charge on any atom is 0.0317 e. The van der Waals surface area contributed by atoms with Crippen LogP contribution >= 0.6 is 0 Å². The van der Waals surface area contributed by atoms with E-state index in [0.29, 0.717) is 0 Å². The molecule has 0 heterocycles. The van der Waals surface area contributed by atoms with Crippen LogP contribution in [0.15, 0.2) is 54.6 Å². The predicted molar refractivity (Wildman–Crippen MR) is 67.8 cm³/mol. The molecule has 2 aromatic rings. The van der Waals surface area contributed by atoms with Crippen LogP contribution in [0.3, 0.4) is 0 Å². The molecule has 0 saturated carbocycles. The largest absolute Gasteiger partial charge is 0.399 e. The molecule has 0 aromatic heterocycles. The minimum absolute atomic E-state index is 0.819. The predicted octanol–water partition coefficient (Wildman–Crippen LogP) is 2.56. The molecule has 3 N–H and O–H groups in total. The van der Waals surface area contributed by atoms with E-state index in [0.717, 1.165) is 18.8 Å². The molecule has 0 unspecified atom stereocenters. The maximum atomic E-state index is 5.71. The highest BCUT2D eigenvalue weighted by atomic mass is 14.8. The van der Waals surface area contributed by atoms with Crippen LogP contribution in [0.25, 0.3) is 0 Å². The second kappa shape index (κ2) is 5.33. The number of nitrogen functional groups attached to an aromatic ring is 1. The van der Waals surface area contributed by atoms with E-state index < -0.39 is 0 Å². The number of benzene rings is 2. The lowest BCUT2D eigenvalue weighted by molar-refractivity contribution is 0.693. The first-order valence-corrected chi connectivity index (χ1v) is 5.43. The Balaban J connectivity index is 1.85. The Morgan fingerprint density at radius 1 is 0.812 bits per heavy atom. The molecule has 0 bridgehead atoms. The third kappa shape index (κ3) is 3.11. The molecule has 2 rings (SSSR count). The zero-order chi connectivity index (χ0) is 11.2. The molecule has 0 saturated heterocycles. The third-order valence-corrected chi connectivity index (χ3v) is 2.45. The van der Waals surface area contributed by atoms with Crippen molar-refractivity contribution in [3.8, 4) is 0 Å². The van der Waals surface area contributed by atoms with Crippen molar-refractivity contribution >= 4 is 5.69 Å². The van der Waals surface area contributed by atoms with E-state index in [2.05, 4.69) is 35.6 Å². The van der Waals surface area contributed by atoms with Crippen LogP contribution < -0.4 is 11.1 Å². The summed E-state index contributed by atoms with van der Waals surface area (Å²) in [5, 5.41) is 3.39. The summed E-state index contributed by atoms with van der Waals surface area (Å²) in [4.78, 5) is 0. The van der Waals surface area contributed by atoms with Gasteiger partial charge in [0.25, 0.3) is 0 Å². The first kappa shape index (κ1) is 10.7. The van der Waals surface area contributed by atoms with Crippen molar-refractivity contribution < 1.29 is 0 Å². The van der Waals surface area contributed by atoms with Crippen molar-refractivity contribution in [3.05, 3.63) is 65.7 Å². The van der Waals surface area contributed by atoms with Crippen LogP contribution in [0.1, 0.15) is 11.1 Å². The normalized spacial score (nSPS) is 10.2. The molecule has 82 valence electrons. The van der Waals surface area contributed by atoms with Gasteiger partial charge in [0.2, 0.25) is 0 Å². The fourth-order valence-electron chi connectivity index (χ4n) is 1.65. The van der Waals surface area contributed by atoms with E-state index in [1.807, 2.05) is 24.3 Å².